The number of pyridine rings is 1. The number of nitrogens with zero attached hydrogens (tertiary/aromatic N) is 1. The Hall–Kier alpha value is -3.09. The lowest BCUT2D eigenvalue weighted by molar-refractivity contribution is -0.123. The van der Waals surface area contributed by atoms with Crippen molar-refractivity contribution in [2.45, 2.75) is 45.3 Å². The van der Waals surface area contributed by atoms with Gasteiger partial charge in [-0.15, -0.1) is 0 Å². The molecular weight excluding hydrogens is 372 g/mol. The minimum absolute atomic E-state index is 0.0683. The number of aromatic nitrogens is 1. The second-order valence-electron chi connectivity index (χ2n) is 7.01. The number of ketones is 1. The number of hydrogen-bond donors (Lipinski definition) is 1. The van der Waals surface area contributed by atoms with Crippen molar-refractivity contribution in [2.75, 3.05) is 13.7 Å². The van der Waals surface area contributed by atoms with Crippen LogP contribution < -0.4 is 19.5 Å². The Labute approximate surface area is 170 Å². The van der Waals surface area contributed by atoms with Gasteiger partial charge in [-0.2, -0.15) is 0 Å². The first-order valence-electron chi connectivity index (χ1n) is 9.75. The zero-order valence-electron chi connectivity index (χ0n) is 16.8. The largest absolute Gasteiger partial charge is 0.493 e. The summed E-state index contributed by atoms with van der Waals surface area (Å²) >= 11 is 0. The number of Topliss-reactive ketones (excluding diaryl/α,β-unsaturated/α-hetero) is 1. The van der Waals surface area contributed by atoms with Gasteiger partial charge in [-0.25, -0.2) is 4.98 Å². The Kier molecular flexibility index (Phi) is 7.05. The summed E-state index contributed by atoms with van der Waals surface area (Å²) < 4.78 is 16.7. The Balaban J connectivity index is 1.49. The van der Waals surface area contributed by atoms with E-state index in [1.165, 1.54) is 26.9 Å². The molecule has 1 fully saturated rings. The molecule has 0 bridgehead atoms. The molecule has 1 aromatic carbocycles. The van der Waals surface area contributed by atoms with Crippen molar-refractivity contribution in [1.82, 2.24) is 10.3 Å². The molecule has 1 saturated carbocycles. The van der Waals surface area contributed by atoms with Gasteiger partial charge in [0.15, 0.2) is 23.9 Å². The van der Waals surface area contributed by atoms with Gasteiger partial charge in [0.05, 0.1) is 7.11 Å². The summed E-state index contributed by atoms with van der Waals surface area (Å²) in [5, 5.41) is 2.81. The average molecular weight is 398 g/mol. The monoisotopic (exact) mass is 398 g/mol. The number of ether oxygens (including phenoxy) is 3. The van der Waals surface area contributed by atoms with Crippen LogP contribution in [0.25, 0.3) is 0 Å². The van der Waals surface area contributed by atoms with E-state index in [0.29, 0.717) is 29.5 Å². The predicted octanol–water partition coefficient (Wildman–Crippen LogP) is 3.31. The van der Waals surface area contributed by atoms with Crippen molar-refractivity contribution in [1.29, 1.82) is 0 Å². The molecule has 0 atom stereocenters. The van der Waals surface area contributed by atoms with E-state index < -0.39 is 0 Å². The van der Waals surface area contributed by atoms with Crippen LogP contribution in [0.15, 0.2) is 36.5 Å². The van der Waals surface area contributed by atoms with Crippen molar-refractivity contribution < 1.29 is 23.8 Å². The summed E-state index contributed by atoms with van der Waals surface area (Å²) in [6.45, 7) is 1.67. The molecule has 0 saturated heterocycles. The molecule has 0 radical (unpaired) electrons. The molecule has 0 aliphatic heterocycles. The summed E-state index contributed by atoms with van der Waals surface area (Å²) in [6.07, 6.45) is 6.45. The van der Waals surface area contributed by atoms with Crippen molar-refractivity contribution in [3.05, 3.63) is 47.7 Å². The summed E-state index contributed by atoms with van der Waals surface area (Å²) in [4.78, 5) is 27.9. The molecular formula is C22H26N2O5. The molecule has 1 N–H and O–H groups in total. The zero-order valence-corrected chi connectivity index (χ0v) is 16.8. The molecule has 29 heavy (non-hydrogen) atoms. The highest BCUT2D eigenvalue weighted by Gasteiger charge is 2.17. The van der Waals surface area contributed by atoms with Crippen LogP contribution in [-0.2, 0) is 11.3 Å². The van der Waals surface area contributed by atoms with Crippen molar-refractivity contribution >= 4 is 11.7 Å². The highest BCUT2D eigenvalue weighted by atomic mass is 16.5. The van der Waals surface area contributed by atoms with Crippen molar-refractivity contribution in [3.63, 3.8) is 0 Å². The fourth-order valence-electron chi connectivity index (χ4n) is 3.20. The predicted molar refractivity (Wildman–Crippen MR) is 107 cm³/mol. The first kappa shape index (κ1) is 20.6. The van der Waals surface area contributed by atoms with Crippen LogP contribution in [0.3, 0.4) is 0 Å². The second kappa shape index (κ2) is 9.91. The normalized spacial score (nSPS) is 13.7. The van der Waals surface area contributed by atoms with E-state index >= 15 is 0 Å². The molecule has 3 rings (SSSR count). The third-order valence-corrected chi connectivity index (χ3v) is 4.81. The minimum atomic E-state index is -0.266. The molecule has 1 aromatic heterocycles. The maximum absolute atomic E-state index is 12.2. The number of carbonyl (C=O) groups is 2. The van der Waals surface area contributed by atoms with Gasteiger partial charge < -0.3 is 19.5 Å². The molecule has 7 nitrogen and oxygen atoms in total. The molecule has 154 valence electrons. The number of rotatable bonds is 9. The van der Waals surface area contributed by atoms with E-state index in [2.05, 4.69) is 10.3 Å². The molecule has 7 heteroatoms. The Morgan fingerprint density at radius 2 is 1.93 bits per heavy atom. The van der Waals surface area contributed by atoms with Crippen LogP contribution >= 0.6 is 0 Å². The SMILES string of the molecule is COc1cc(C(C)=O)ccc1OCC(=O)NCc1ccnc(OC2CCCC2)c1. The fourth-order valence-corrected chi connectivity index (χ4v) is 3.20. The standard InChI is InChI=1S/C22H26N2O5/c1-15(25)17-7-8-19(20(12-17)27-2)28-14-21(26)24-13-16-9-10-23-22(11-16)29-18-5-3-4-6-18/h7-12,18H,3-6,13-14H2,1-2H3,(H,24,26). The van der Waals surface area contributed by atoms with E-state index in [9.17, 15) is 9.59 Å². The van der Waals surface area contributed by atoms with Gasteiger partial charge >= 0.3 is 0 Å². The van der Waals surface area contributed by atoms with E-state index in [1.54, 1.807) is 24.4 Å². The molecule has 1 heterocycles. The van der Waals surface area contributed by atoms with Gasteiger partial charge in [-0.05, 0) is 62.4 Å². The molecule has 0 unspecified atom stereocenters. The van der Waals surface area contributed by atoms with Gasteiger partial charge in [0.1, 0.15) is 6.10 Å². The van der Waals surface area contributed by atoms with Crippen LogP contribution in [-0.4, -0.2) is 36.5 Å². The van der Waals surface area contributed by atoms with Crippen molar-refractivity contribution in [2.24, 2.45) is 0 Å². The third kappa shape index (κ3) is 5.94. The smallest absolute Gasteiger partial charge is 0.258 e. The minimum Gasteiger partial charge on any atom is -0.493 e. The molecule has 0 spiro atoms. The Morgan fingerprint density at radius 3 is 2.66 bits per heavy atom. The summed E-state index contributed by atoms with van der Waals surface area (Å²) in [6, 6.07) is 8.55. The first-order valence-corrected chi connectivity index (χ1v) is 9.75. The highest BCUT2D eigenvalue weighted by molar-refractivity contribution is 5.94. The van der Waals surface area contributed by atoms with Gasteiger partial charge in [0.25, 0.3) is 5.91 Å². The van der Waals surface area contributed by atoms with Crippen LogP contribution in [0.2, 0.25) is 0 Å². The van der Waals surface area contributed by atoms with Crippen LogP contribution in [0.4, 0.5) is 0 Å². The summed E-state index contributed by atoms with van der Waals surface area (Å²) in [7, 11) is 1.49. The number of amides is 1. The number of nitrogens with one attached hydrogen (secondary N) is 1. The van der Waals surface area contributed by atoms with Crippen LogP contribution in [0, 0.1) is 0 Å². The number of hydrogen-bond acceptors (Lipinski definition) is 6. The highest BCUT2D eigenvalue weighted by Crippen LogP contribution is 2.28. The maximum atomic E-state index is 12.2. The Morgan fingerprint density at radius 1 is 1.14 bits per heavy atom. The zero-order chi connectivity index (χ0) is 20.6. The van der Waals surface area contributed by atoms with E-state index in [0.717, 1.165) is 18.4 Å². The maximum Gasteiger partial charge on any atom is 0.258 e. The quantitative estimate of drug-likeness (QED) is 0.652. The van der Waals surface area contributed by atoms with Crippen LogP contribution in [0.5, 0.6) is 17.4 Å². The number of carbonyl (C=O) groups excluding carboxylic acids is 2. The van der Waals surface area contributed by atoms with Gasteiger partial charge in [-0.3, -0.25) is 9.59 Å². The Bertz CT molecular complexity index is 862. The molecule has 1 aliphatic rings. The lowest BCUT2D eigenvalue weighted by atomic mass is 10.1. The van der Waals surface area contributed by atoms with E-state index in [1.807, 2.05) is 12.1 Å². The van der Waals surface area contributed by atoms with Crippen LogP contribution in [0.1, 0.15) is 48.5 Å². The fraction of sp³-hybridized carbons (Fsp3) is 0.409. The summed E-state index contributed by atoms with van der Waals surface area (Å²) in [5.74, 6) is 1.08. The lowest BCUT2D eigenvalue weighted by Gasteiger charge is -2.13. The molecule has 2 aromatic rings. The third-order valence-electron chi connectivity index (χ3n) is 4.81. The second-order valence-corrected chi connectivity index (χ2v) is 7.01. The molecule has 1 amide bonds. The van der Waals surface area contributed by atoms with E-state index in [4.69, 9.17) is 14.2 Å². The topological polar surface area (TPSA) is 86.8 Å². The summed E-state index contributed by atoms with van der Waals surface area (Å²) in [5.41, 5.74) is 1.43. The van der Waals surface area contributed by atoms with Gasteiger partial charge in [-0.1, -0.05) is 0 Å². The average Bonchev–Trinajstić information content (AvgIpc) is 3.23. The first-order chi connectivity index (χ1) is 14.0. The lowest BCUT2D eigenvalue weighted by Crippen LogP contribution is -2.28. The van der Waals surface area contributed by atoms with Gasteiger partial charge in [0.2, 0.25) is 5.88 Å². The van der Waals surface area contributed by atoms with E-state index in [-0.39, 0.29) is 24.4 Å². The number of benzene rings is 1. The van der Waals surface area contributed by atoms with Gasteiger partial charge in [0, 0.05) is 24.4 Å². The van der Waals surface area contributed by atoms with Crippen molar-refractivity contribution in [3.8, 4) is 17.4 Å². The number of methoxy groups -OCH3 is 1. The molecule has 1 aliphatic carbocycles.